The van der Waals surface area contributed by atoms with Crippen LogP contribution in [0.25, 0.3) is 0 Å². The Labute approximate surface area is 175 Å². The van der Waals surface area contributed by atoms with Gasteiger partial charge in [-0.15, -0.1) is 0 Å². The van der Waals surface area contributed by atoms with Crippen LogP contribution in [-0.4, -0.2) is 59.7 Å². The van der Waals surface area contributed by atoms with Gasteiger partial charge in [-0.2, -0.15) is 13.2 Å². The summed E-state index contributed by atoms with van der Waals surface area (Å²) in [6.45, 7) is -1.73. The minimum atomic E-state index is -4.50. The second-order valence-electron chi connectivity index (χ2n) is 6.99. The number of amides is 4. The maximum absolute atomic E-state index is 12.5. The molecular weight excluding hydrogens is 415 g/mol. The first-order valence-electron chi connectivity index (χ1n) is 9.20. The lowest BCUT2D eigenvalue weighted by molar-refractivity contribution is -0.130. The Morgan fingerprint density at radius 1 is 0.968 bits per heavy atom. The summed E-state index contributed by atoms with van der Waals surface area (Å²) in [7, 11) is 1.49. The minimum absolute atomic E-state index is 0.0491. The topological polar surface area (TPSA) is 86.8 Å². The van der Waals surface area contributed by atoms with Crippen LogP contribution in [0.3, 0.4) is 0 Å². The molecule has 1 heterocycles. The number of likely N-dealkylation sites (N-methyl/N-ethyl adjacent to an activating group) is 1. The highest BCUT2D eigenvalue weighted by Crippen LogP contribution is 2.22. The van der Waals surface area contributed by atoms with Crippen molar-refractivity contribution in [2.75, 3.05) is 20.1 Å². The van der Waals surface area contributed by atoms with Crippen molar-refractivity contribution >= 4 is 23.6 Å². The number of alkyl halides is 3. The molecule has 4 amide bonds. The fourth-order valence-corrected chi connectivity index (χ4v) is 3.04. The maximum Gasteiger partial charge on any atom is 0.405 e. The van der Waals surface area contributed by atoms with Gasteiger partial charge in [0.05, 0.1) is 11.1 Å². The summed E-state index contributed by atoms with van der Waals surface area (Å²) in [5, 5.41) is 1.78. The SMILES string of the molecule is CN(Cc1ccc(C(=O)NCC(F)(F)F)cc1)C(=O)CN1C(=O)c2ccccc2C1=O. The summed E-state index contributed by atoms with van der Waals surface area (Å²) in [6.07, 6.45) is -4.50. The molecule has 31 heavy (non-hydrogen) atoms. The second-order valence-corrected chi connectivity index (χ2v) is 6.99. The van der Waals surface area contributed by atoms with E-state index in [1.54, 1.807) is 17.4 Å². The molecule has 0 unspecified atom stereocenters. The third kappa shape index (κ3) is 5.08. The normalized spacial score (nSPS) is 13.2. The van der Waals surface area contributed by atoms with Crippen LogP contribution in [0.5, 0.6) is 0 Å². The van der Waals surface area contributed by atoms with Crippen LogP contribution < -0.4 is 5.32 Å². The summed E-state index contributed by atoms with van der Waals surface area (Å²) < 4.78 is 36.6. The van der Waals surface area contributed by atoms with Crippen LogP contribution in [0.2, 0.25) is 0 Å². The summed E-state index contributed by atoms with van der Waals surface area (Å²) in [6, 6.07) is 12.0. The first-order valence-corrected chi connectivity index (χ1v) is 9.20. The molecule has 0 aliphatic carbocycles. The molecule has 0 atom stereocenters. The molecule has 2 aromatic carbocycles. The second kappa shape index (κ2) is 8.58. The number of nitrogens with zero attached hydrogens (tertiary/aromatic N) is 2. The molecule has 0 saturated carbocycles. The van der Waals surface area contributed by atoms with Crippen molar-refractivity contribution in [2.24, 2.45) is 0 Å². The van der Waals surface area contributed by atoms with Crippen molar-refractivity contribution in [1.82, 2.24) is 15.1 Å². The van der Waals surface area contributed by atoms with E-state index in [1.165, 1.54) is 48.3 Å². The fourth-order valence-electron chi connectivity index (χ4n) is 3.04. The number of hydrogen-bond donors (Lipinski definition) is 1. The predicted octanol–water partition coefficient (Wildman–Crippen LogP) is 2.23. The molecular formula is C21H18F3N3O4. The first-order chi connectivity index (χ1) is 14.6. The van der Waals surface area contributed by atoms with Gasteiger partial charge >= 0.3 is 6.18 Å². The van der Waals surface area contributed by atoms with Crippen LogP contribution in [0.1, 0.15) is 36.6 Å². The van der Waals surface area contributed by atoms with Gasteiger partial charge in [-0.1, -0.05) is 24.3 Å². The molecule has 10 heteroatoms. The summed E-state index contributed by atoms with van der Waals surface area (Å²) in [5.41, 5.74) is 1.17. The minimum Gasteiger partial charge on any atom is -0.343 e. The molecule has 162 valence electrons. The van der Waals surface area contributed by atoms with Crippen LogP contribution in [-0.2, 0) is 11.3 Å². The first kappa shape index (κ1) is 22.0. The van der Waals surface area contributed by atoms with Crippen molar-refractivity contribution in [1.29, 1.82) is 0 Å². The zero-order valence-electron chi connectivity index (χ0n) is 16.4. The average Bonchev–Trinajstić information content (AvgIpc) is 2.97. The van der Waals surface area contributed by atoms with E-state index in [4.69, 9.17) is 0 Å². The predicted molar refractivity (Wildman–Crippen MR) is 103 cm³/mol. The highest BCUT2D eigenvalue weighted by Gasteiger charge is 2.36. The summed E-state index contributed by atoms with van der Waals surface area (Å²) >= 11 is 0. The van der Waals surface area contributed by atoms with Gasteiger partial charge in [-0.3, -0.25) is 24.1 Å². The van der Waals surface area contributed by atoms with Crippen LogP contribution in [0, 0.1) is 0 Å². The molecule has 0 spiro atoms. The fraction of sp³-hybridized carbons (Fsp3) is 0.238. The summed E-state index contributed by atoms with van der Waals surface area (Å²) in [4.78, 5) is 51.2. The number of fused-ring (bicyclic) bond motifs is 1. The zero-order valence-corrected chi connectivity index (χ0v) is 16.4. The van der Waals surface area contributed by atoms with E-state index < -0.39 is 42.9 Å². The number of imide groups is 1. The molecule has 1 N–H and O–H groups in total. The van der Waals surface area contributed by atoms with Crippen molar-refractivity contribution < 1.29 is 32.3 Å². The van der Waals surface area contributed by atoms with E-state index >= 15 is 0 Å². The lowest BCUT2D eigenvalue weighted by Crippen LogP contribution is -2.40. The molecule has 0 aromatic heterocycles. The Kier molecular flexibility index (Phi) is 6.09. The monoisotopic (exact) mass is 433 g/mol. The Morgan fingerprint density at radius 3 is 2.03 bits per heavy atom. The third-order valence-electron chi connectivity index (χ3n) is 4.68. The van der Waals surface area contributed by atoms with Gasteiger partial charge in [0.15, 0.2) is 0 Å². The van der Waals surface area contributed by atoms with E-state index in [0.717, 1.165) is 4.90 Å². The van der Waals surface area contributed by atoms with Gasteiger partial charge in [-0.25, -0.2) is 0 Å². The lowest BCUT2D eigenvalue weighted by Gasteiger charge is -2.21. The highest BCUT2D eigenvalue weighted by molar-refractivity contribution is 6.22. The van der Waals surface area contributed by atoms with Crippen molar-refractivity contribution in [2.45, 2.75) is 12.7 Å². The molecule has 1 aliphatic rings. The Morgan fingerprint density at radius 2 is 1.52 bits per heavy atom. The number of nitrogens with one attached hydrogen (secondary N) is 1. The summed E-state index contributed by atoms with van der Waals surface area (Å²) in [5.74, 6) is -2.39. The van der Waals surface area contributed by atoms with E-state index in [2.05, 4.69) is 0 Å². The van der Waals surface area contributed by atoms with Crippen LogP contribution >= 0.6 is 0 Å². The lowest BCUT2D eigenvalue weighted by atomic mass is 10.1. The quantitative estimate of drug-likeness (QED) is 0.708. The Hall–Kier alpha value is -3.69. The number of benzene rings is 2. The molecule has 0 saturated heterocycles. The largest absolute Gasteiger partial charge is 0.405 e. The highest BCUT2D eigenvalue weighted by atomic mass is 19.4. The van der Waals surface area contributed by atoms with Crippen molar-refractivity contribution in [3.8, 4) is 0 Å². The number of rotatable bonds is 6. The number of hydrogen-bond acceptors (Lipinski definition) is 4. The maximum atomic E-state index is 12.5. The van der Waals surface area contributed by atoms with E-state index in [9.17, 15) is 32.3 Å². The molecule has 0 fully saturated rings. The van der Waals surface area contributed by atoms with Gasteiger partial charge in [-0.05, 0) is 29.8 Å². The van der Waals surface area contributed by atoms with Gasteiger partial charge in [0.2, 0.25) is 5.91 Å². The molecule has 0 radical (unpaired) electrons. The van der Waals surface area contributed by atoms with Gasteiger partial charge in [0, 0.05) is 19.2 Å². The Bertz CT molecular complexity index is 1000. The average molecular weight is 433 g/mol. The van der Waals surface area contributed by atoms with E-state index in [0.29, 0.717) is 5.56 Å². The third-order valence-corrected chi connectivity index (χ3v) is 4.68. The smallest absolute Gasteiger partial charge is 0.343 e. The molecule has 2 aromatic rings. The molecule has 7 nitrogen and oxygen atoms in total. The van der Waals surface area contributed by atoms with Gasteiger partial charge in [0.25, 0.3) is 17.7 Å². The molecule has 0 bridgehead atoms. The van der Waals surface area contributed by atoms with E-state index in [1.807, 2.05) is 0 Å². The van der Waals surface area contributed by atoms with E-state index in [-0.39, 0.29) is 23.2 Å². The molecule has 3 rings (SSSR count). The number of carbonyl (C=O) groups is 4. The van der Waals surface area contributed by atoms with Crippen molar-refractivity contribution in [3.05, 3.63) is 70.8 Å². The zero-order chi connectivity index (χ0) is 22.8. The van der Waals surface area contributed by atoms with Crippen molar-refractivity contribution in [3.63, 3.8) is 0 Å². The Balaban J connectivity index is 1.57. The molecule has 1 aliphatic heterocycles. The number of halogens is 3. The van der Waals surface area contributed by atoms with Gasteiger partial charge in [0.1, 0.15) is 13.1 Å². The van der Waals surface area contributed by atoms with Crippen LogP contribution in [0.15, 0.2) is 48.5 Å². The van der Waals surface area contributed by atoms with Crippen LogP contribution in [0.4, 0.5) is 13.2 Å². The number of carbonyl (C=O) groups excluding carboxylic acids is 4. The van der Waals surface area contributed by atoms with Gasteiger partial charge < -0.3 is 10.2 Å². The standard InChI is InChI=1S/C21H18F3N3O4/c1-26(10-13-6-8-14(9-7-13)18(29)25-12-21(22,23)24)17(28)11-27-19(30)15-4-2-3-5-16(15)20(27)31/h2-9H,10-12H2,1H3,(H,25,29).